The topological polar surface area (TPSA) is 90.7 Å². The van der Waals surface area contributed by atoms with Crippen LogP contribution in [0.25, 0.3) is 32.9 Å². The summed E-state index contributed by atoms with van der Waals surface area (Å²) in [4.78, 5) is 34.6. The zero-order chi connectivity index (χ0) is 28.7. The molecule has 2 fully saturated rings. The number of hydrogen-bond donors (Lipinski definition) is 2. The molecule has 2 aliphatic heterocycles. The number of nitrogens with zero attached hydrogens (tertiary/aromatic N) is 4. The van der Waals surface area contributed by atoms with E-state index in [1.807, 2.05) is 30.3 Å². The summed E-state index contributed by atoms with van der Waals surface area (Å²) in [6.07, 6.45) is 4.61. The van der Waals surface area contributed by atoms with Gasteiger partial charge in [-0.3, -0.25) is 9.59 Å². The summed E-state index contributed by atoms with van der Waals surface area (Å²) in [6.45, 7) is 6.90. The Morgan fingerprint density at radius 3 is 2.76 bits per heavy atom. The Morgan fingerprint density at radius 2 is 2.00 bits per heavy atom. The van der Waals surface area contributed by atoms with E-state index in [1.54, 1.807) is 27.7 Å². The SMILES string of the molecule is C=CC(=O)N1CC(Cn2c(=O)c(NCCC3CCCN3C)nc3cc(-c4cc(O)cc5ccccc45)c(Cl)cc32)C1. The van der Waals surface area contributed by atoms with Crippen molar-refractivity contribution in [2.75, 3.05) is 38.5 Å². The van der Waals surface area contributed by atoms with E-state index < -0.39 is 0 Å². The smallest absolute Gasteiger partial charge is 0.293 e. The van der Waals surface area contributed by atoms with Gasteiger partial charge in [-0.1, -0.05) is 42.4 Å². The molecule has 3 aromatic carbocycles. The van der Waals surface area contributed by atoms with Gasteiger partial charge in [0.05, 0.1) is 16.1 Å². The highest BCUT2D eigenvalue weighted by atomic mass is 35.5. The van der Waals surface area contributed by atoms with Crippen LogP contribution in [0.15, 0.2) is 66.0 Å². The van der Waals surface area contributed by atoms with E-state index in [-0.39, 0.29) is 23.1 Å². The maximum atomic E-state index is 13.8. The largest absolute Gasteiger partial charge is 0.508 e. The number of benzene rings is 3. The van der Waals surface area contributed by atoms with Crippen LogP contribution in [-0.4, -0.2) is 69.6 Å². The Balaban J connectivity index is 1.40. The Kier molecular flexibility index (Phi) is 7.45. The van der Waals surface area contributed by atoms with Crippen LogP contribution in [0.3, 0.4) is 0 Å². The highest BCUT2D eigenvalue weighted by Gasteiger charge is 2.30. The summed E-state index contributed by atoms with van der Waals surface area (Å²) in [5.41, 5.74) is 2.60. The fourth-order valence-electron chi connectivity index (χ4n) is 6.24. The van der Waals surface area contributed by atoms with Gasteiger partial charge >= 0.3 is 0 Å². The third kappa shape index (κ3) is 5.29. The van der Waals surface area contributed by atoms with Gasteiger partial charge in [-0.2, -0.15) is 0 Å². The van der Waals surface area contributed by atoms with E-state index >= 15 is 0 Å². The lowest BCUT2D eigenvalue weighted by molar-refractivity contribution is -0.132. The van der Waals surface area contributed by atoms with Crippen LogP contribution < -0.4 is 10.9 Å². The molecule has 41 heavy (non-hydrogen) atoms. The highest BCUT2D eigenvalue weighted by Crippen LogP contribution is 2.38. The first-order chi connectivity index (χ1) is 19.8. The standard InChI is InChI=1S/C32H34ClN5O3/c1-3-30(40)37-17-20(18-37)19-38-29-16-27(33)26(25-14-23(39)13-21-7-4-5-9-24(21)25)15-28(29)35-31(32(38)41)34-11-10-22-8-6-12-36(22)2/h3-5,7,9,13-16,20,22,39H,1,6,8,10-12,17-19H2,2H3,(H,34,35). The molecule has 2 saturated heterocycles. The molecule has 0 bridgehead atoms. The summed E-state index contributed by atoms with van der Waals surface area (Å²) in [6, 6.07) is 15.5. The second-order valence-corrected chi connectivity index (χ2v) is 11.6. The van der Waals surface area contributed by atoms with Crippen LogP contribution in [0.1, 0.15) is 19.3 Å². The Labute approximate surface area is 243 Å². The number of rotatable bonds is 8. The van der Waals surface area contributed by atoms with Crippen LogP contribution >= 0.6 is 11.6 Å². The van der Waals surface area contributed by atoms with E-state index in [2.05, 4.69) is 23.8 Å². The number of hydrogen-bond acceptors (Lipinski definition) is 6. The van der Waals surface area contributed by atoms with E-state index in [0.29, 0.717) is 54.1 Å². The molecule has 1 unspecified atom stereocenters. The number of aromatic hydroxyl groups is 1. The number of phenols is 1. The van der Waals surface area contributed by atoms with Crippen molar-refractivity contribution in [1.82, 2.24) is 19.4 Å². The summed E-state index contributed by atoms with van der Waals surface area (Å²) >= 11 is 6.88. The number of likely N-dealkylation sites (tertiary alicyclic amines) is 2. The molecule has 2 aliphatic rings. The fraction of sp³-hybridized carbons (Fsp3) is 0.344. The normalized spacial score (nSPS) is 17.7. The molecule has 1 amide bonds. The quantitative estimate of drug-likeness (QED) is 0.285. The lowest BCUT2D eigenvalue weighted by atomic mass is 9.97. The van der Waals surface area contributed by atoms with Crippen LogP contribution in [0, 0.1) is 5.92 Å². The average molecular weight is 572 g/mol. The number of nitrogens with one attached hydrogen (secondary N) is 1. The monoisotopic (exact) mass is 571 g/mol. The molecule has 2 N–H and O–H groups in total. The second-order valence-electron chi connectivity index (χ2n) is 11.2. The molecule has 0 radical (unpaired) electrons. The summed E-state index contributed by atoms with van der Waals surface area (Å²) < 4.78 is 1.74. The number of aromatic nitrogens is 2. The molecule has 9 heteroatoms. The van der Waals surface area contributed by atoms with Crippen molar-refractivity contribution in [3.8, 4) is 16.9 Å². The molecule has 6 rings (SSSR count). The zero-order valence-electron chi connectivity index (χ0n) is 23.1. The lowest BCUT2D eigenvalue weighted by Crippen LogP contribution is -2.51. The minimum absolute atomic E-state index is 0.0987. The van der Waals surface area contributed by atoms with Crippen molar-refractivity contribution in [2.45, 2.75) is 31.8 Å². The average Bonchev–Trinajstić information content (AvgIpc) is 3.35. The van der Waals surface area contributed by atoms with Crippen molar-refractivity contribution in [1.29, 1.82) is 0 Å². The first-order valence-electron chi connectivity index (χ1n) is 14.1. The van der Waals surface area contributed by atoms with Gasteiger partial charge in [0.15, 0.2) is 5.82 Å². The first kappa shape index (κ1) is 27.3. The molecule has 8 nitrogen and oxygen atoms in total. The molecule has 3 heterocycles. The molecule has 1 atom stereocenters. The third-order valence-corrected chi connectivity index (χ3v) is 8.81. The summed E-state index contributed by atoms with van der Waals surface area (Å²) in [7, 11) is 2.15. The predicted molar refractivity (Wildman–Crippen MR) is 165 cm³/mol. The first-order valence-corrected chi connectivity index (χ1v) is 14.5. The van der Waals surface area contributed by atoms with Crippen LogP contribution in [0.4, 0.5) is 5.82 Å². The van der Waals surface area contributed by atoms with Gasteiger partial charge in [0.1, 0.15) is 5.75 Å². The van der Waals surface area contributed by atoms with Crippen molar-refractivity contribution >= 4 is 45.1 Å². The van der Waals surface area contributed by atoms with E-state index in [9.17, 15) is 14.7 Å². The number of amides is 1. The van der Waals surface area contributed by atoms with E-state index in [0.717, 1.165) is 41.3 Å². The van der Waals surface area contributed by atoms with Gasteiger partial charge in [0.2, 0.25) is 5.91 Å². The number of fused-ring (bicyclic) bond motifs is 2. The van der Waals surface area contributed by atoms with Gasteiger partial charge in [0, 0.05) is 43.7 Å². The number of anilines is 1. The van der Waals surface area contributed by atoms with Gasteiger partial charge in [-0.05, 0) is 79.5 Å². The Hall–Kier alpha value is -3.88. The molecule has 4 aromatic rings. The van der Waals surface area contributed by atoms with E-state index in [1.165, 1.54) is 12.5 Å². The second kappa shape index (κ2) is 11.2. The summed E-state index contributed by atoms with van der Waals surface area (Å²) in [5.74, 6) is 0.496. The van der Waals surface area contributed by atoms with Crippen molar-refractivity contribution in [3.63, 3.8) is 0 Å². The maximum Gasteiger partial charge on any atom is 0.293 e. The molecule has 0 saturated carbocycles. The number of carbonyl (C=O) groups is 1. The van der Waals surface area contributed by atoms with Gasteiger partial charge in [-0.25, -0.2) is 4.98 Å². The molecule has 1 aromatic heterocycles. The van der Waals surface area contributed by atoms with Gasteiger partial charge in [-0.15, -0.1) is 0 Å². The zero-order valence-corrected chi connectivity index (χ0v) is 23.9. The Morgan fingerprint density at radius 1 is 1.20 bits per heavy atom. The maximum absolute atomic E-state index is 13.8. The third-order valence-electron chi connectivity index (χ3n) is 8.50. The van der Waals surface area contributed by atoms with Crippen molar-refractivity contribution < 1.29 is 9.90 Å². The number of carbonyl (C=O) groups excluding carboxylic acids is 1. The molecule has 0 aliphatic carbocycles. The highest BCUT2D eigenvalue weighted by molar-refractivity contribution is 6.34. The lowest BCUT2D eigenvalue weighted by Gasteiger charge is -2.39. The van der Waals surface area contributed by atoms with Crippen molar-refractivity contribution in [3.05, 3.63) is 76.6 Å². The number of phenolic OH excluding ortho intramolecular Hbond substituents is 1. The van der Waals surface area contributed by atoms with Gasteiger partial charge < -0.3 is 24.8 Å². The van der Waals surface area contributed by atoms with Crippen LogP contribution in [0.2, 0.25) is 5.02 Å². The van der Waals surface area contributed by atoms with Gasteiger partial charge in [0.25, 0.3) is 5.56 Å². The fourth-order valence-corrected chi connectivity index (χ4v) is 6.50. The molecular weight excluding hydrogens is 538 g/mol. The Bertz CT molecular complexity index is 1710. The summed E-state index contributed by atoms with van der Waals surface area (Å²) in [5, 5.41) is 16.1. The minimum atomic E-state index is -0.197. The molecule has 212 valence electrons. The van der Waals surface area contributed by atoms with Crippen molar-refractivity contribution in [2.24, 2.45) is 5.92 Å². The predicted octanol–water partition coefficient (Wildman–Crippen LogP) is 5.12. The van der Waals surface area contributed by atoms with Crippen LogP contribution in [0.5, 0.6) is 5.75 Å². The van der Waals surface area contributed by atoms with Crippen LogP contribution in [-0.2, 0) is 11.3 Å². The number of halogens is 1. The van der Waals surface area contributed by atoms with E-state index in [4.69, 9.17) is 16.6 Å². The molecule has 0 spiro atoms. The molecular formula is C32H34ClN5O3. The minimum Gasteiger partial charge on any atom is -0.508 e.